The lowest BCUT2D eigenvalue weighted by atomic mass is 10.0. The molecule has 0 saturated carbocycles. The highest BCUT2D eigenvalue weighted by Crippen LogP contribution is 2.04. The molecule has 0 fully saturated rings. The second kappa shape index (κ2) is 5.13. The topological polar surface area (TPSA) is 49.3 Å². The number of carboxylic acid groups (broad SMARTS) is 1. The Bertz CT molecular complexity index is 123. The zero-order valence-corrected chi connectivity index (χ0v) is 7.42. The number of likely N-dealkylation sites (N-methyl/N-ethyl adjacent to an activating group) is 1. The molecule has 66 valence electrons. The number of rotatable bonds is 5. The van der Waals surface area contributed by atoms with Crippen molar-refractivity contribution in [3.8, 4) is 0 Å². The van der Waals surface area contributed by atoms with Crippen LogP contribution in [0.25, 0.3) is 0 Å². The van der Waals surface area contributed by atoms with Crippen LogP contribution in [0.15, 0.2) is 0 Å². The van der Waals surface area contributed by atoms with Crippen LogP contribution in [-0.4, -0.2) is 23.7 Å². The molecule has 0 bridgehead atoms. The van der Waals surface area contributed by atoms with Gasteiger partial charge in [0.05, 0.1) is 0 Å². The average Bonchev–Trinajstić information content (AvgIpc) is 1.86. The maximum Gasteiger partial charge on any atom is 0.320 e. The lowest BCUT2D eigenvalue weighted by Crippen LogP contribution is -2.37. The van der Waals surface area contributed by atoms with Gasteiger partial charge in [0.15, 0.2) is 0 Å². The summed E-state index contributed by atoms with van der Waals surface area (Å²) in [6, 6.07) is -0.375. The quantitative estimate of drug-likeness (QED) is 0.631. The van der Waals surface area contributed by atoms with Gasteiger partial charge >= 0.3 is 5.97 Å². The normalized spacial score (nSPS) is 13.5. The molecule has 0 radical (unpaired) electrons. The van der Waals surface area contributed by atoms with E-state index in [0.717, 1.165) is 0 Å². The summed E-state index contributed by atoms with van der Waals surface area (Å²) in [5.41, 5.74) is 0. The fourth-order valence-electron chi connectivity index (χ4n) is 0.989. The van der Waals surface area contributed by atoms with Gasteiger partial charge in [-0.1, -0.05) is 20.8 Å². The Balaban J connectivity index is 3.79. The van der Waals surface area contributed by atoms with Crippen LogP contribution < -0.4 is 5.32 Å². The Morgan fingerprint density at radius 1 is 1.55 bits per heavy atom. The largest absolute Gasteiger partial charge is 0.480 e. The molecule has 0 spiro atoms. The van der Waals surface area contributed by atoms with E-state index in [0.29, 0.717) is 18.9 Å². The third-order valence-electron chi connectivity index (χ3n) is 1.46. The Kier molecular flexibility index (Phi) is 4.86. The standard InChI is InChI=1S/C8H17NO2/c1-4-9-7(8(10)11)5-6(2)3/h6-7,9H,4-5H2,1-3H3,(H,10,11)/t7-/m0/s1. The van der Waals surface area contributed by atoms with Gasteiger partial charge in [-0.2, -0.15) is 0 Å². The summed E-state index contributed by atoms with van der Waals surface area (Å²) in [4.78, 5) is 10.6. The van der Waals surface area contributed by atoms with Crippen molar-refractivity contribution >= 4 is 5.97 Å². The second-order valence-corrected chi connectivity index (χ2v) is 3.08. The molecule has 0 amide bonds. The fraction of sp³-hybridized carbons (Fsp3) is 0.875. The Morgan fingerprint density at radius 2 is 2.09 bits per heavy atom. The van der Waals surface area contributed by atoms with Crippen molar-refractivity contribution < 1.29 is 9.90 Å². The number of carboxylic acids is 1. The van der Waals surface area contributed by atoms with Gasteiger partial charge < -0.3 is 10.4 Å². The summed E-state index contributed by atoms with van der Waals surface area (Å²) >= 11 is 0. The molecule has 0 saturated heterocycles. The smallest absolute Gasteiger partial charge is 0.320 e. The van der Waals surface area contributed by atoms with Gasteiger partial charge in [-0.25, -0.2) is 0 Å². The van der Waals surface area contributed by atoms with Crippen LogP contribution in [0.1, 0.15) is 27.2 Å². The molecule has 0 aliphatic rings. The van der Waals surface area contributed by atoms with Gasteiger partial charge in [-0.3, -0.25) is 4.79 Å². The summed E-state index contributed by atoms with van der Waals surface area (Å²) in [6.07, 6.45) is 0.698. The van der Waals surface area contributed by atoms with Crippen molar-refractivity contribution in [3.63, 3.8) is 0 Å². The molecule has 3 nitrogen and oxygen atoms in total. The first-order chi connectivity index (χ1) is 5.07. The van der Waals surface area contributed by atoms with Crippen LogP contribution >= 0.6 is 0 Å². The number of nitrogens with one attached hydrogen (secondary N) is 1. The van der Waals surface area contributed by atoms with Gasteiger partial charge in [-0.05, 0) is 18.9 Å². The zero-order valence-electron chi connectivity index (χ0n) is 7.42. The number of carbonyl (C=O) groups is 1. The molecule has 3 heteroatoms. The summed E-state index contributed by atoms with van der Waals surface area (Å²) in [5, 5.41) is 11.6. The third-order valence-corrected chi connectivity index (χ3v) is 1.46. The second-order valence-electron chi connectivity index (χ2n) is 3.08. The van der Waals surface area contributed by atoms with Gasteiger partial charge in [0.1, 0.15) is 6.04 Å². The molecule has 1 atom stereocenters. The van der Waals surface area contributed by atoms with Gasteiger partial charge in [0, 0.05) is 0 Å². The number of aliphatic carboxylic acids is 1. The molecule has 0 rings (SSSR count). The van der Waals surface area contributed by atoms with Crippen molar-refractivity contribution in [1.29, 1.82) is 0 Å². The molecule has 0 unspecified atom stereocenters. The average molecular weight is 159 g/mol. The highest BCUT2D eigenvalue weighted by molar-refractivity contribution is 5.73. The summed E-state index contributed by atoms with van der Waals surface area (Å²) < 4.78 is 0. The monoisotopic (exact) mass is 159 g/mol. The highest BCUT2D eigenvalue weighted by Gasteiger charge is 2.16. The third kappa shape index (κ3) is 4.79. The van der Waals surface area contributed by atoms with Crippen LogP contribution in [-0.2, 0) is 4.79 Å². The SMILES string of the molecule is CCN[C@@H](CC(C)C)C(=O)O. The summed E-state index contributed by atoms with van der Waals surface area (Å²) in [7, 11) is 0. The van der Waals surface area contributed by atoms with Crippen molar-refractivity contribution in [2.24, 2.45) is 5.92 Å². The molecular formula is C8H17NO2. The highest BCUT2D eigenvalue weighted by atomic mass is 16.4. The minimum atomic E-state index is -0.749. The van der Waals surface area contributed by atoms with Crippen LogP contribution in [0.5, 0.6) is 0 Å². The van der Waals surface area contributed by atoms with Crippen LogP contribution in [0.3, 0.4) is 0 Å². The maximum atomic E-state index is 10.6. The maximum absolute atomic E-state index is 10.6. The number of hydrogen-bond acceptors (Lipinski definition) is 2. The van der Waals surface area contributed by atoms with Crippen LogP contribution in [0.2, 0.25) is 0 Å². The molecule has 0 aliphatic carbocycles. The zero-order chi connectivity index (χ0) is 8.85. The van der Waals surface area contributed by atoms with E-state index in [1.165, 1.54) is 0 Å². The molecule has 0 aliphatic heterocycles. The summed E-state index contributed by atoms with van der Waals surface area (Å²) in [6.45, 7) is 6.67. The van der Waals surface area contributed by atoms with Gasteiger partial charge in [0.2, 0.25) is 0 Å². The molecule has 0 aromatic rings. The van der Waals surface area contributed by atoms with E-state index >= 15 is 0 Å². The van der Waals surface area contributed by atoms with Crippen LogP contribution in [0.4, 0.5) is 0 Å². The first-order valence-corrected chi connectivity index (χ1v) is 4.04. The molecule has 11 heavy (non-hydrogen) atoms. The minimum Gasteiger partial charge on any atom is -0.480 e. The molecule has 0 heterocycles. The molecule has 0 aromatic carbocycles. The van der Waals surface area contributed by atoms with E-state index in [9.17, 15) is 4.79 Å². The van der Waals surface area contributed by atoms with Gasteiger partial charge in [0.25, 0.3) is 0 Å². The Labute approximate surface area is 67.8 Å². The predicted octanol–water partition coefficient (Wildman–Crippen LogP) is 1.10. The Morgan fingerprint density at radius 3 is 2.36 bits per heavy atom. The van der Waals surface area contributed by atoms with E-state index in [-0.39, 0.29) is 6.04 Å². The first kappa shape index (κ1) is 10.4. The Hall–Kier alpha value is -0.570. The van der Waals surface area contributed by atoms with Crippen molar-refractivity contribution in [1.82, 2.24) is 5.32 Å². The van der Waals surface area contributed by atoms with Crippen molar-refractivity contribution in [2.75, 3.05) is 6.54 Å². The predicted molar refractivity (Wildman–Crippen MR) is 44.6 cm³/mol. The first-order valence-electron chi connectivity index (χ1n) is 4.04. The van der Waals surface area contributed by atoms with Crippen molar-refractivity contribution in [3.05, 3.63) is 0 Å². The molecule has 2 N–H and O–H groups in total. The fourth-order valence-corrected chi connectivity index (χ4v) is 0.989. The van der Waals surface area contributed by atoms with E-state index in [1.807, 2.05) is 20.8 Å². The van der Waals surface area contributed by atoms with Crippen LogP contribution in [0, 0.1) is 5.92 Å². The lowest BCUT2D eigenvalue weighted by Gasteiger charge is -2.14. The lowest BCUT2D eigenvalue weighted by molar-refractivity contribution is -0.139. The summed E-state index contributed by atoms with van der Waals surface area (Å²) in [5.74, 6) is -0.323. The van der Waals surface area contributed by atoms with E-state index in [2.05, 4.69) is 5.32 Å². The van der Waals surface area contributed by atoms with E-state index < -0.39 is 5.97 Å². The number of hydrogen-bond donors (Lipinski definition) is 2. The van der Waals surface area contributed by atoms with E-state index in [4.69, 9.17) is 5.11 Å². The minimum absolute atomic E-state index is 0.375. The molecular weight excluding hydrogens is 142 g/mol. The molecule has 0 aromatic heterocycles. The van der Waals surface area contributed by atoms with Crippen molar-refractivity contribution in [2.45, 2.75) is 33.2 Å². The van der Waals surface area contributed by atoms with E-state index in [1.54, 1.807) is 0 Å². The van der Waals surface area contributed by atoms with Gasteiger partial charge in [-0.15, -0.1) is 0 Å².